The van der Waals surface area contributed by atoms with Crippen molar-refractivity contribution < 1.29 is 18.3 Å². The number of esters is 1. The second-order valence-electron chi connectivity index (χ2n) is 3.20. The number of carbonyl (C=O) groups is 1. The number of ether oxygens (including phenoxy) is 1. The van der Waals surface area contributed by atoms with Gasteiger partial charge in [0.1, 0.15) is 5.69 Å². The minimum atomic E-state index is -2.84. The summed E-state index contributed by atoms with van der Waals surface area (Å²) in [6.07, 6.45) is -2.84. The number of rotatable bonds is 3. The molecule has 0 atom stereocenters. The third-order valence-corrected chi connectivity index (χ3v) is 2.11. The van der Waals surface area contributed by atoms with Gasteiger partial charge in [0.25, 0.3) is 6.43 Å². The van der Waals surface area contributed by atoms with Crippen LogP contribution in [0.25, 0.3) is 0 Å². The Labute approximate surface area is 96.8 Å². The lowest BCUT2D eigenvalue weighted by molar-refractivity contribution is 0.0517. The lowest BCUT2D eigenvalue weighted by Crippen LogP contribution is -2.12. The highest BCUT2D eigenvalue weighted by Crippen LogP contribution is 2.21. The molecule has 4 nitrogen and oxygen atoms in total. The summed E-state index contributed by atoms with van der Waals surface area (Å²) in [5.41, 5.74) is -0.592. The molecule has 1 aromatic heterocycles. The van der Waals surface area contributed by atoms with Crippen LogP contribution in [0, 0.1) is 18.3 Å². The van der Waals surface area contributed by atoms with E-state index in [4.69, 9.17) is 5.26 Å². The van der Waals surface area contributed by atoms with E-state index in [1.165, 1.54) is 6.92 Å². The average molecular weight is 240 g/mol. The van der Waals surface area contributed by atoms with E-state index in [1.54, 1.807) is 13.0 Å². The van der Waals surface area contributed by atoms with Crippen molar-refractivity contribution in [2.75, 3.05) is 6.61 Å². The maximum atomic E-state index is 12.5. The van der Waals surface area contributed by atoms with Crippen LogP contribution in [0.15, 0.2) is 6.07 Å². The Morgan fingerprint density at radius 3 is 2.76 bits per heavy atom. The van der Waals surface area contributed by atoms with Crippen molar-refractivity contribution in [3.63, 3.8) is 0 Å². The van der Waals surface area contributed by atoms with Gasteiger partial charge in [-0.25, -0.2) is 18.6 Å². The Morgan fingerprint density at radius 1 is 1.65 bits per heavy atom. The summed E-state index contributed by atoms with van der Waals surface area (Å²) in [4.78, 5) is 15.0. The van der Waals surface area contributed by atoms with Crippen LogP contribution in [0.2, 0.25) is 0 Å². The van der Waals surface area contributed by atoms with Crippen molar-refractivity contribution in [1.82, 2.24) is 4.98 Å². The van der Waals surface area contributed by atoms with Gasteiger partial charge in [-0.15, -0.1) is 0 Å². The third kappa shape index (κ3) is 2.75. The van der Waals surface area contributed by atoms with E-state index in [0.29, 0.717) is 0 Å². The number of nitriles is 1. The van der Waals surface area contributed by atoms with Gasteiger partial charge in [0.15, 0.2) is 5.69 Å². The van der Waals surface area contributed by atoms with Crippen molar-refractivity contribution in [2.45, 2.75) is 20.3 Å². The quantitative estimate of drug-likeness (QED) is 0.761. The summed E-state index contributed by atoms with van der Waals surface area (Å²) in [7, 11) is 0. The zero-order valence-electron chi connectivity index (χ0n) is 9.33. The molecule has 0 aliphatic carbocycles. The lowest BCUT2D eigenvalue weighted by atomic mass is 10.1. The first-order chi connectivity index (χ1) is 8.01. The second kappa shape index (κ2) is 5.34. The second-order valence-corrected chi connectivity index (χ2v) is 3.20. The minimum Gasteiger partial charge on any atom is -0.461 e. The molecule has 0 N–H and O–H groups in total. The van der Waals surface area contributed by atoms with Crippen molar-refractivity contribution in [3.05, 3.63) is 28.6 Å². The first-order valence-electron chi connectivity index (χ1n) is 4.88. The SMILES string of the molecule is CCOC(=O)c1nc(C(F)F)cc(C#N)c1C. The maximum Gasteiger partial charge on any atom is 0.357 e. The Morgan fingerprint density at radius 2 is 2.29 bits per heavy atom. The van der Waals surface area contributed by atoms with Crippen LogP contribution in [0.5, 0.6) is 0 Å². The largest absolute Gasteiger partial charge is 0.461 e. The van der Waals surface area contributed by atoms with E-state index in [0.717, 1.165) is 6.07 Å². The van der Waals surface area contributed by atoms with Gasteiger partial charge in [0.2, 0.25) is 0 Å². The summed E-state index contributed by atoms with van der Waals surface area (Å²) >= 11 is 0. The van der Waals surface area contributed by atoms with Gasteiger partial charge in [-0.3, -0.25) is 0 Å². The molecule has 0 aliphatic rings. The molecule has 0 unspecified atom stereocenters. The smallest absolute Gasteiger partial charge is 0.357 e. The fourth-order valence-electron chi connectivity index (χ4n) is 1.26. The van der Waals surface area contributed by atoms with Crippen LogP contribution in [-0.2, 0) is 4.74 Å². The molecule has 1 heterocycles. The van der Waals surface area contributed by atoms with Crippen LogP contribution < -0.4 is 0 Å². The van der Waals surface area contributed by atoms with Gasteiger partial charge in [-0.1, -0.05) is 0 Å². The highest BCUT2D eigenvalue weighted by atomic mass is 19.3. The molecule has 0 bridgehead atoms. The molecule has 1 aromatic rings. The molecule has 0 aliphatic heterocycles. The molecule has 1 rings (SSSR count). The van der Waals surface area contributed by atoms with E-state index in [1.807, 2.05) is 0 Å². The predicted molar refractivity (Wildman–Crippen MR) is 54.6 cm³/mol. The average Bonchev–Trinajstić information content (AvgIpc) is 2.29. The molecule has 0 saturated heterocycles. The van der Waals surface area contributed by atoms with E-state index >= 15 is 0 Å². The number of nitrogens with zero attached hydrogens (tertiary/aromatic N) is 2. The standard InChI is InChI=1S/C11H10F2N2O2/c1-3-17-11(16)9-6(2)7(5-14)4-8(15-9)10(12)13/h4,10H,3H2,1-2H3. The lowest BCUT2D eigenvalue weighted by Gasteiger charge is -2.08. The summed E-state index contributed by atoms with van der Waals surface area (Å²) in [6.45, 7) is 3.17. The van der Waals surface area contributed by atoms with E-state index in [-0.39, 0.29) is 23.4 Å². The van der Waals surface area contributed by atoms with Gasteiger partial charge < -0.3 is 4.74 Å². The van der Waals surface area contributed by atoms with Crippen molar-refractivity contribution >= 4 is 5.97 Å². The highest BCUT2D eigenvalue weighted by molar-refractivity contribution is 5.89. The van der Waals surface area contributed by atoms with Crippen molar-refractivity contribution in [3.8, 4) is 6.07 Å². The minimum absolute atomic E-state index is 0.00152. The Bertz CT molecular complexity index is 481. The van der Waals surface area contributed by atoms with E-state index in [2.05, 4.69) is 9.72 Å². The van der Waals surface area contributed by atoms with Crippen LogP contribution >= 0.6 is 0 Å². The predicted octanol–water partition coefficient (Wildman–Crippen LogP) is 2.38. The third-order valence-electron chi connectivity index (χ3n) is 2.11. The van der Waals surface area contributed by atoms with Crippen LogP contribution in [-0.4, -0.2) is 17.6 Å². The summed E-state index contributed by atoms with van der Waals surface area (Å²) in [5.74, 6) is -0.802. The molecule has 90 valence electrons. The molecule has 0 amide bonds. The summed E-state index contributed by atoms with van der Waals surface area (Å²) in [5, 5.41) is 8.79. The van der Waals surface area contributed by atoms with E-state index in [9.17, 15) is 13.6 Å². The number of hydrogen-bond acceptors (Lipinski definition) is 4. The number of pyridine rings is 1. The molecule has 0 aromatic carbocycles. The molecule has 17 heavy (non-hydrogen) atoms. The van der Waals surface area contributed by atoms with Gasteiger partial charge in [-0.2, -0.15) is 5.26 Å². The number of alkyl halides is 2. The summed E-state index contributed by atoms with van der Waals surface area (Å²) < 4.78 is 29.7. The first kappa shape index (κ1) is 13.0. The molecular formula is C11H10F2N2O2. The van der Waals surface area contributed by atoms with Gasteiger partial charge >= 0.3 is 5.97 Å². The molecule has 0 spiro atoms. The van der Waals surface area contributed by atoms with Gasteiger partial charge in [0.05, 0.1) is 18.2 Å². The number of aromatic nitrogens is 1. The first-order valence-corrected chi connectivity index (χ1v) is 4.88. The summed E-state index contributed by atoms with van der Waals surface area (Å²) in [6, 6.07) is 2.72. The normalized spacial score (nSPS) is 10.1. The number of halogens is 2. The van der Waals surface area contributed by atoms with Crippen LogP contribution in [0.1, 0.15) is 40.7 Å². The Balaban J connectivity index is 3.33. The number of hydrogen-bond donors (Lipinski definition) is 0. The molecule has 0 fully saturated rings. The fourth-order valence-corrected chi connectivity index (χ4v) is 1.26. The van der Waals surface area contributed by atoms with Crippen molar-refractivity contribution in [1.29, 1.82) is 5.26 Å². The topological polar surface area (TPSA) is 63.0 Å². The number of carbonyl (C=O) groups excluding carboxylic acids is 1. The molecular weight excluding hydrogens is 230 g/mol. The van der Waals surface area contributed by atoms with Crippen LogP contribution in [0.4, 0.5) is 8.78 Å². The monoisotopic (exact) mass is 240 g/mol. The van der Waals surface area contributed by atoms with Gasteiger partial charge in [-0.05, 0) is 25.5 Å². The Kier molecular flexibility index (Phi) is 4.10. The molecule has 0 saturated carbocycles. The highest BCUT2D eigenvalue weighted by Gasteiger charge is 2.20. The zero-order chi connectivity index (χ0) is 13.0. The van der Waals surface area contributed by atoms with Crippen LogP contribution in [0.3, 0.4) is 0 Å². The van der Waals surface area contributed by atoms with Crippen molar-refractivity contribution in [2.24, 2.45) is 0 Å². The zero-order valence-corrected chi connectivity index (χ0v) is 9.33. The van der Waals surface area contributed by atoms with E-state index < -0.39 is 18.1 Å². The van der Waals surface area contributed by atoms with Gasteiger partial charge in [0, 0.05) is 0 Å². The molecule has 6 heteroatoms. The maximum absolute atomic E-state index is 12.5. The Hall–Kier alpha value is -2.03. The fraction of sp³-hybridized carbons (Fsp3) is 0.364. The molecule has 0 radical (unpaired) electrons.